The third-order valence-electron chi connectivity index (χ3n) is 4.32. The van der Waals surface area contributed by atoms with Gasteiger partial charge in [0.25, 0.3) is 5.56 Å². The summed E-state index contributed by atoms with van der Waals surface area (Å²) in [4.78, 5) is 29.6. The Kier molecular flexibility index (Phi) is 4.37. The highest BCUT2D eigenvalue weighted by atomic mass is 35.5. The van der Waals surface area contributed by atoms with Crippen molar-refractivity contribution >= 4 is 22.5 Å². The van der Waals surface area contributed by atoms with Crippen LogP contribution >= 0.6 is 11.6 Å². The van der Waals surface area contributed by atoms with E-state index in [1.807, 2.05) is 12.1 Å². The first-order chi connectivity index (χ1) is 13.1. The van der Waals surface area contributed by atoms with Crippen LogP contribution in [0.4, 0.5) is 0 Å². The number of rotatable bonds is 4. The molecule has 27 heavy (non-hydrogen) atoms. The zero-order chi connectivity index (χ0) is 19.0. The fraction of sp³-hybridized carbons (Fsp3) is 0.158. The lowest BCUT2D eigenvalue weighted by molar-refractivity contribution is 0.369. The van der Waals surface area contributed by atoms with Gasteiger partial charge < -0.3 is 4.52 Å². The first-order valence-corrected chi connectivity index (χ1v) is 8.77. The Morgan fingerprint density at radius 2 is 1.78 bits per heavy atom. The molecule has 2 aromatic heterocycles. The number of aromatic nitrogens is 4. The molecule has 0 aliphatic heterocycles. The molecule has 0 spiro atoms. The Morgan fingerprint density at radius 1 is 1.04 bits per heavy atom. The minimum Gasteiger partial charge on any atom is -0.337 e. The second-order valence-corrected chi connectivity index (χ2v) is 6.33. The van der Waals surface area contributed by atoms with Crippen molar-refractivity contribution in [3.8, 4) is 11.4 Å². The second-order valence-electron chi connectivity index (χ2n) is 5.93. The molecule has 0 fully saturated rings. The Bertz CT molecular complexity index is 1260. The van der Waals surface area contributed by atoms with E-state index < -0.39 is 5.69 Å². The highest BCUT2D eigenvalue weighted by Gasteiger charge is 2.16. The van der Waals surface area contributed by atoms with E-state index in [-0.39, 0.29) is 24.5 Å². The molecule has 0 radical (unpaired) electrons. The van der Waals surface area contributed by atoms with Crippen LogP contribution in [0, 0.1) is 0 Å². The van der Waals surface area contributed by atoms with E-state index in [4.69, 9.17) is 16.1 Å². The van der Waals surface area contributed by atoms with Gasteiger partial charge in [-0.25, -0.2) is 4.79 Å². The first-order valence-electron chi connectivity index (χ1n) is 8.40. The highest BCUT2D eigenvalue weighted by Crippen LogP contribution is 2.25. The molecule has 2 heterocycles. The molecule has 0 bridgehead atoms. The van der Waals surface area contributed by atoms with Gasteiger partial charge in [0, 0.05) is 12.1 Å². The SMILES string of the molecule is CCn1c(=O)c2ccccc2n(Cc2nc(-c3ccccc3Cl)no2)c1=O. The van der Waals surface area contributed by atoms with Crippen molar-refractivity contribution in [1.29, 1.82) is 0 Å². The predicted octanol–water partition coefficient (Wildman–Crippen LogP) is 2.93. The van der Waals surface area contributed by atoms with Crippen LogP contribution in [0.25, 0.3) is 22.3 Å². The van der Waals surface area contributed by atoms with Crippen LogP contribution < -0.4 is 11.2 Å². The molecule has 0 unspecified atom stereocenters. The van der Waals surface area contributed by atoms with E-state index in [1.54, 1.807) is 43.3 Å². The summed E-state index contributed by atoms with van der Waals surface area (Å²) in [5, 5.41) is 4.93. The van der Waals surface area contributed by atoms with E-state index in [9.17, 15) is 9.59 Å². The van der Waals surface area contributed by atoms with Gasteiger partial charge in [0.2, 0.25) is 11.7 Å². The fourth-order valence-electron chi connectivity index (χ4n) is 3.01. The number of benzene rings is 2. The van der Waals surface area contributed by atoms with Gasteiger partial charge in [0.15, 0.2) is 0 Å². The molecule has 7 nitrogen and oxygen atoms in total. The van der Waals surface area contributed by atoms with Crippen LogP contribution in [0.15, 0.2) is 62.6 Å². The normalized spacial score (nSPS) is 11.2. The lowest BCUT2D eigenvalue weighted by atomic mass is 10.2. The van der Waals surface area contributed by atoms with Crippen molar-refractivity contribution in [3.63, 3.8) is 0 Å². The zero-order valence-corrected chi connectivity index (χ0v) is 15.2. The predicted molar refractivity (Wildman–Crippen MR) is 102 cm³/mol. The fourth-order valence-corrected chi connectivity index (χ4v) is 3.23. The monoisotopic (exact) mass is 382 g/mol. The second kappa shape index (κ2) is 6.85. The molecule has 4 aromatic rings. The summed E-state index contributed by atoms with van der Waals surface area (Å²) in [5.74, 6) is 0.593. The minimum absolute atomic E-state index is 0.0527. The topological polar surface area (TPSA) is 82.9 Å². The molecule has 0 aliphatic rings. The number of para-hydroxylation sites is 1. The van der Waals surface area contributed by atoms with Crippen LogP contribution in [0.3, 0.4) is 0 Å². The summed E-state index contributed by atoms with van der Waals surface area (Å²) >= 11 is 6.17. The number of hydrogen-bond acceptors (Lipinski definition) is 5. The molecule has 0 aliphatic carbocycles. The number of halogens is 1. The number of nitrogens with zero attached hydrogens (tertiary/aromatic N) is 4. The maximum Gasteiger partial charge on any atom is 0.331 e. The maximum atomic E-state index is 12.8. The van der Waals surface area contributed by atoms with E-state index in [1.165, 1.54) is 9.13 Å². The molecular formula is C19H15ClN4O3. The van der Waals surface area contributed by atoms with Crippen LogP contribution in [-0.2, 0) is 13.1 Å². The molecule has 0 atom stereocenters. The van der Waals surface area contributed by atoms with Gasteiger partial charge in [0.05, 0.1) is 15.9 Å². The van der Waals surface area contributed by atoms with E-state index >= 15 is 0 Å². The van der Waals surface area contributed by atoms with Crippen LogP contribution in [0.2, 0.25) is 5.02 Å². The molecule has 0 saturated carbocycles. The zero-order valence-electron chi connectivity index (χ0n) is 14.4. The van der Waals surface area contributed by atoms with Crippen molar-refractivity contribution in [1.82, 2.24) is 19.3 Å². The minimum atomic E-state index is -0.418. The molecule has 4 rings (SSSR count). The van der Waals surface area contributed by atoms with Gasteiger partial charge >= 0.3 is 5.69 Å². The lowest BCUT2D eigenvalue weighted by Gasteiger charge is -2.11. The summed E-state index contributed by atoms with van der Waals surface area (Å²) in [6.45, 7) is 2.08. The quantitative estimate of drug-likeness (QED) is 0.542. The molecular weight excluding hydrogens is 368 g/mol. The van der Waals surface area contributed by atoms with Crippen molar-refractivity contribution < 1.29 is 4.52 Å². The maximum absolute atomic E-state index is 12.8. The largest absolute Gasteiger partial charge is 0.337 e. The Labute approximate surface area is 158 Å². The molecule has 136 valence electrons. The molecule has 0 saturated heterocycles. The van der Waals surface area contributed by atoms with Crippen molar-refractivity contribution in [3.05, 3.63) is 80.3 Å². The summed E-state index contributed by atoms with van der Waals surface area (Å²) in [6.07, 6.45) is 0. The molecule has 8 heteroatoms. The summed E-state index contributed by atoms with van der Waals surface area (Å²) in [5.41, 5.74) is 0.440. The Hall–Kier alpha value is -3.19. The summed E-state index contributed by atoms with van der Waals surface area (Å²) in [7, 11) is 0. The standard InChI is InChI=1S/C19H15ClN4O3/c1-2-23-18(25)13-8-4-6-10-15(13)24(19(23)26)11-16-21-17(22-27-16)12-7-3-5-9-14(12)20/h3-10H,2,11H2,1H3. The summed E-state index contributed by atoms with van der Waals surface area (Å²) in [6, 6.07) is 14.1. The van der Waals surface area contributed by atoms with E-state index in [0.29, 0.717) is 27.3 Å². The van der Waals surface area contributed by atoms with Crippen molar-refractivity contribution in [2.24, 2.45) is 0 Å². The third-order valence-corrected chi connectivity index (χ3v) is 4.65. The van der Waals surface area contributed by atoms with Gasteiger partial charge in [-0.2, -0.15) is 4.98 Å². The number of fused-ring (bicyclic) bond motifs is 1. The molecule has 0 N–H and O–H groups in total. The molecule has 0 amide bonds. The van der Waals surface area contributed by atoms with Crippen molar-refractivity contribution in [2.45, 2.75) is 20.0 Å². The molecule has 2 aromatic carbocycles. The van der Waals surface area contributed by atoms with E-state index in [0.717, 1.165) is 0 Å². The van der Waals surface area contributed by atoms with Gasteiger partial charge in [-0.15, -0.1) is 0 Å². The van der Waals surface area contributed by atoms with Gasteiger partial charge in [-0.3, -0.25) is 13.9 Å². The van der Waals surface area contributed by atoms with Crippen LogP contribution in [-0.4, -0.2) is 19.3 Å². The first kappa shape index (κ1) is 17.2. The third kappa shape index (κ3) is 2.96. The Morgan fingerprint density at radius 3 is 2.56 bits per heavy atom. The van der Waals surface area contributed by atoms with Gasteiger partial charge in [-0.1, -0.05) is 41.0 Å². The van der Waals surface area contributed by atoms with Crippen molar-refractivity contribution in [2.75, 3.05) is 0 Å². The van der Waals surface area contributed by atoms with Gasteiger partial charge in [-0.05, 0) is 31.2 Å². The highest BCUT2D eigenvalue weighted by molar-refractivity contribution is 6.33. The van der Waals surface area contributed by atoms with Crippen LogP contribution in [0.1, 0.15) is 12.8 Å². The lowest BCUT2D eigenvalue weighted by Crippen LogP contribution is -2.39. The summed E-state index contributed by atoms with van der Waals surface area (Å²) < 4.78 is 7.97. The van der Waals surface area contributed by atoms with Crippen LogP contribution in [0.5, 0.6) is 0 Å². The van der Waals surface area contributed by atoms with Gasteiger partial charge in [0.1, 0.15) is 6.54 Å². The smallest absolute Gasteiger partial charge is 0.331 e. The average Bonchev–Trinajstić information content (AvgIpc) is 3.14. The van der Waals surface area contributed by atoms with E-state index in [2.05, 4.69) is 10.1 Å². The Balaban J connectivity index is 1.82. The number of hydrogen-bond donors (Lipinski definition) is 0. The average molecular weight is 383 g/mol.